The average Bonchev–Trinajstić information content (AvgIpc) is 2.39. The zero-order valence-corrected chi connectivity index (χ0v) is 10.4. The summed E-state index contributed by atoms with van der Waals surface area (Å²) < 4.78 is 0. The molecular formula is C13H19N3O2. The Labute approximate surface area is 106 Å². The number of hydrogen-bond acceptors (Lipinski definition) is 3. The van der Waals surface area contributed by atoms with Crippen molar-refractivity contribution in [2.75, 3.05) is 19.6 Å². The van der Waals surface area contributed by atoms with E-state index in [4.69, 9.17) is 5.73 Å². The van der Waals surface area contributed by atoms with E-state index in [1.165, 1.54) is 12.3 Å². The average molecular weight is 249 g/mol. The molecule has 5 nitrogen and oxygen atoms in total. The van der Waals surface area contributed by atoms with Crippen LogP contribution in [0.15, 0.2) is 23.1 Å². The number of nitrogens with two attached hydrogens (primary N) is 1. The number of nitrogens with one attached hydrogen (secondary N) is 1. The third-order valence-corrected chi connectivity index (χ3v) is 3.40. The van der Waals surface area contributed by atoms with Crippen molar-refractivity contribution in [3.8, 4) is 0 Å². The standard InChI is InChI=1S/C13H19N3O2/c14-5-3-10-2-1-7-16(9-10)13(18)11-4-6-15-12(17)8-11/h4,6,8,10H,1-3,5,7,9,14H2,(H,15,17). The van der Waals surface area contributed by atoms with E-state index in [1.54, 1.807) is 6.07 Å². The fourth-order valence-electron chi connectivity index (χ4n) is 2.48. The molecule has 0 aromatic carbocycles. The molecule has 2 rings (SSSR count). The van der Waals surface area contributed by atoms with Crippen LogP contribution in [-0.2, 0) is 0 Å². The topological polar surface area (TPSA) is 79.2 Å². The second-order valence-corrected chi connectivity index (χ2v) is 4.78. The Morgan fingerprint density at radius 2 is 2.39 bits per heavy atom. The third kappa shape index (κ3) is 2.98. The van der Waals surface area contributed by atoms with Gasteiger partial charge < -0.3 is 15.6 Å². The Morgan fingerprint density at radius 1 is 1.56 bits per heavy atom. The minimum atomic E-state index is -0.239. The van der Waals surface area contributed by atoms with Crippen LogP contribution in [0.2, 0.25) is 0 Å². The number of likely N-dealkylation sites (tertiary alicyclic amines) is 1. The van der Waals surface area contributed by atoms with Crippen molar-refractivity contribution in [3.63, 3.8) is 0 Å². The summed E-state index contributed by atoms with van der Waals surface area (Å²) in [7, 11) is 0. The molecule has 1 atom stereocenters. The molecule has 0 spiro atoms. The number of pyridine rings is 1. The first-order valence-corrected chi connectivity index (χ1v) is 6.39. The summed E-state index contributed by atoms with van der Waals surface area (Å²) in [6.45, 7) is 2.19. The lowest BCUT2D eigenvalue weighted by atomic mass is 9.94. The second-order valence-electron chi connectivity index (χ2n) is 4.78. The molecule has 3 N–H and O–H groups in total. The maximum atomic E-state index is 12.2. The van der Waals surface area contributed by atoms with E-state index in [0.717, 1.165) is 32.4 Å². The molecule has 0 saturated carbocycles. The monoisotopic (exact) mass is 249 g/mol. The number of carbonyl (C=O) groups excluding carboxylic acids is 1. The first-order chi connectivity index (χ1) is 8.70. The Morgan fingerprint density at radius 3 is 3.11 bits per heavy atom. The van der Waals surface area contributed by atoms with Crippen molar-refractivity contribution in [1.29, 1.82) is 0 Å². The Bertz CT molecular complexity index is 467. The van der Waals surface area contributed by atoms with Gasteiger partial charge in [-0.2, -0.15) is 0 Å². The molecular weight excluding hydrogens is 230 g/mol. The third-order valence-electron chi connectivity index (χ3n) is 3.40. The Kier molecular flexibility index (Phi) is 4.15. The van der Waals surface area contributed by atoms with Crippen LogP contribution in [-0.4, -0.2) is 35.4 Å². The molecule has 1 saturated heterocycles. The largest absolute Gasteiger partial charge is 0.338 e. The van der Waals surface area contributed by atoms with Crippen LogP contribution in [0.1, 0.15) is 29.6 Å². The van der Waals surface area contributed by atoms with E-state index < -0.39 is 0 Å². The molecule has 1 aromatic rings. The smallest absolute Gasteiger partial charge is 0.254 e. The Hall–Kier alpha value is -1.62. The molecule has 0 bridgehead atoms. The summed E-state index contributed by atoms with van der Waals surface area (Å²) in [5.74, 6) is 0.442. The van der Waals surface area contributed by atoms with Crippen LogP contribution in [0.3, 0.4) is 0 Å². The highest BCUT2D eigenvalue weighted by molar-refractivity contribution is 5.94. The first-order valence-electron chi connectivity index (χ1n) is 6.39. The van der Waals surface area contributed by atoms with Gasteiger partial charge in [-0.15, -0.1) is 0 Å². The van der Waals surface area contributed by atoms with Crippen LogP contribution < -0.4 is 11.3 Å². The first kappa shape index (κ1) is 12.8. The lowest BCUT2D eigenvalue weighted by Gasteiger charge is -2.32. The minimum absolute atomic E-state index is 0.0529. The normalized spacial score (nSPS) is 19.8. The van der Waals surface area contributed by atoms with Crippen molar-refractivity contribution in [2.24, 2.45) is 11.7 Å². The highest BCUT2D eigenvalue weighted by Crippen LogP contribution is 2.20. The highest BCUT2D eigenvalue weighted by atomic mass is 16.2. The summed E-state index contributed by atoms with van der Waals surface area (Å²) in [4.78, 5) is 27.8. The van der Waals surface area contributed by atoms with E-state index in [2.05, 4.69) is 4.98 Å². The van der Waals surface area contributed by atoms with Gasteiger partial charge >= 0.3 is 0 Å². The molecule has 1 amide bonds. The van der Waals surface area contributed by atoms with E-state index in [0.29, 0.717) is 18.0 Å². The van der Waals surface area contributed by atoms with Gasteiger partial charge in [0.25, 0.3) is 5.91 Å². The molecule has 0 radical (unpaired) electrons. The van der Waals surface area contributed by atoms with Gasteiger partial charge in [-0.05, 0) is 37.8 Å². The van der Waals surface area contributed by atoms with Crippen LogP contribution >= 0.6 is 0 Å². The highest BCUT2D eigenvalue weighted by Gasteiger charge is 2.23. The maximum absolute atomic E-state index is 12.2. The molecule has 0 aliphatic carbocycles. The zero-order chi connectivity index (χ0) is 13.0. The van der Waals surface area contributed by atoms with Gasteiger partial charge in [-0.1, -0.05) is 0 Å². The second kappa shape index (κ2) is 5.82. The number of aromatic amines is 1. The van der Waals surface area contributed by atoms with Gasteiger partial charge in [-0.25, -0.2) is 0 Å². The van der Waals surface area contributed by atoms with Crippen molar-refractivity contribution >= 4 is 5.91 Å². The van der Waals surface area contributed by atoms with Crippen LogP contribution in [0.25, 0.3) is 0 Å². The predicted molar refractivity (Wildman–Crippen MR) is 69.4 cm³/mol. The molecule has 98 valence electrons. The summed E-state index contributed by atoms with van der Waals surface area (Å²) in [5.41, 5.74) is 5.79. The van der Waals surface area contributed by atoms with Crippen LogP contribution in [0.5, 0.6) is 0 Å². The van der Waals surface area contributed by atoms with E-state index >= 15 is 0 Å². The quantitative estimate of drug-likeness (QED) is 0.822. The minimum Gasteiger partial charge on any atom is -0.338 e. The lowest BCUT2D eigenvalue weighted by Crippen LogP contribution is -2.40. The van der Waals surface area contributed by atoms with E-state index in [-0.39, 0.29) is 11.5 Å². The maximum Gasteiger partial charge on any atom is 0.254 e. The summed E-state index contributed by atoms with van der Waals surface area (Å²) >= 11 is 0. The van der Waals surface area contributed by atoms with Crippen LogP contribution in [0.4, 0.5) is 0 Å². The van der Waals surface area contributed by atoms with Crippen molar-refractivity contribution < 1.29 is 4.79 Å². The number of nitrogens with zero attached hydrogens (tertiary/aromatic N) is 1. The number of aromatic nitrogens is 1. The number of amides is 1. The lowest BCUT2D eigenvalue weighted by molar-refractivity contribution is 0.0669. The molecule has 2 heterocycles. The summed E-state index contributed by atoms with van der Waals surface area (Å²) in [5, 5.41) is 0. The van der Waals surface area contributed by atoms with Crippen molar-refractivity contribution in [1.82, 2.24) is 9.88 Å². The Balaban J connectivity index is 2.06. The molecule has 1 aliphatic heterocycles. The molecule has 1 aliphatic rings. The number of hydrogen-bond donors (Lipinski definition) is 2. The fraction of sp³-hybridized carbons (Fsp3) is 0.538. The SMILES string of the molecule is NCCC1CCCN(C(=O)c2cc[nH]c(=O)c2)C1. The summed E-state index contributed by atoms with van der Waals surface area (Å²) in [6.07, 6.45) is 4.62. The van der Waals surface area contributed by atoms with Gasteiger partial charge in [0.2, 0.25) is 5.56 Å². The van der Waals surface area contributed by atoms with Crippen molar-refractivity contribution in [2.45, 2.75) is 19.3 Å². The van der Waals surface area contributed by atoms with E-state index in [9.17, 15) is 9.59 Å². The molecule has 1 unspecified atom stereocenters. The number of H-pyrrole nitrogens is 1. The number of carbonyl (C=O) groups is 1. The van der Waals surface area contributed by atoms with Crippen LogP contribution in [0, 0.1) is 5.92 Å². The number of piperidine rings is 1. The number of rotatable bonds is 3. The van der Waals surface area contributed by atoms with Gasteiger partial charge in [0.1, 0.15) is 0 Å². The molecule has 18 heavy (non-hydrogen) atoms. The van der Waals surface area contributed by atoms with Crippen molar-refractivity contribution in [3.05, 3.63) is 34.2 Å². The molecule has 5 heteroatoms. The molecule has 1 aromatic heterocycles. The zero-order valence-electron chi connectivity index (χ0n) is 10.4. The van der Waals surface area contributed by atoms with Gasteiger partial charge in [0.05, 0.1) is 0 Å². The summed E-state index contributed by atoms with van der Waals surface area (Å²) in [6, 6.07) is 3.01. The van der Waals surface area contributed by atoms with Gasteiger partial charge in [-0.3, -0.25) is 9.59 Å². The predicted octanol–water partition coefficient (Wildman–Crippen LogP) is 0.576. The van der Waals surface area contributed by atoms with Gasteiger partial charge in [0.15, 0.2) is 0 Å². The molecule has 1 fully saturated rings. The fourth-order valence-corrected chi connectivity index (χ4v) is 2.48. The van der Waals surface area contributed by atoms with Gasteiger partial charge in [0, 0.05) is 30.9 Å². The van der Waals surface area contributed by atoms with E-state index in [1.807, 2.05) is 4.90 Å².